The Morgan fingerprint density at radius 1 is 1.30 bits per heavy atom. The molecule has 1 heterocycles. The second kappa shape index (κ2) is 7.10. The Hall–Kier alpha value is -1.81. The molecule has 0 bridgehead atoms. The fourth-order valence-corrected chi connectivity index (χ4v) is 2.41. The third kappa shape index (κ3) is 3.20. The Balaban J connectivity index is 2.36. The van der Waals surface area contributed by atoms with Gasteiger partial charge in [-0.15, -0.1) is 0 Å². The van der Waals surface area contributed by atoms with Gasteiger partial charge in [0.05, 0.1) is 18.8 Å². The van der Waals surface area contributed by atoms with Crippen molar-refractivity contribution in [3.63, 3.8) is 0 Å². The lowest BCUT2D eigenvalue weighted by Gasteiger charge is -2.20. The molecule has 0 aliphatic heterocycles. The van der Waals surface area contributed by atoms with Gasteiger partial charge in [-0.1, -0.05) is 26.0 Å². The average Bonchev–Trinajstić information content (AvgIpc) is 2.93. The molecule has 1 aromatic heterocycles. The van der Waals surface area contributed by atoms with Crippen LogP contribution in [0, 0.1) is 0 Å². The van der Waals surface area contributed by atoms with Crippen molar-refractivity contribution in [1.29, 1.82) is 0 Å². The molecule has 0 saturated heterocycles. The van der Waals surface area contributed by atoms with Crippen molar-refractivity contribution in [3.05, 3.63) is 47.8 Å². The SMILES string of the molecule is CCCn1nccc1C(NCC)c1cccc(OC)c1. The molecular formula is C16H23N3O. The van der Waals surface area contributed by atoms with Crippen LogP contribution in [0.1, 0.15) is 37.6 Å². The van der Waals surface area contributed by atoms with E-state index in [1.807, 2.05) is 18.3 Å². The van der Waals surface area contributed by atoms with Crippen LogP contribution in [-0.4, -0.2) is 23.4 Å². The van der Waals surface area contributed by atoms with Crippen LogP contribution in [0.3, 0.4) is 0 Å². The van der Waals surface area contributed by atoms with Crippen molar-refractivity contribution in [2.75, 3.05) is 13.7 Å². The zero-order valence-corrected chi connectivity index (χ0v) is 12.5. The highest BCUT2D eigenvalue weighted by molar-refractivity contribution is 5.34. The Labute approximate surface area is 120 Å². The topological polar surface area (TPSA) is 39.1 Å². The zero-order valence-electron chi connectivity index (χ0n) is 12.5. The standard InChI is InChI=1S/C16H23N3O/c1-4-11-19-15(9-10-18-19)16(17-5-2)13-7-6-8-14(12-13)20-3/h6-10,12,16-17H,4-5,11H2,1-3H3. The molecule has 1 N–H and O–H groups in total. The highest BCUT2D eigenvalue weighted by Crippen LogP contribution is 2.25. The molecule has 1 aromatic carbocycles. The van der Waals surface area contributed by atoms with Crippen LogP contribution < -0.4 is 10.1 Å². The van der Waals surface area contributed by atoms with Crippen molar-refractivity contribution in [2.45, 2.75) is 32.9 Å². The van der Waals surface area contributed by atoms with Gasteiger partial charge in [0.15, 0.2) is 0 Å². The van der Waals surface area contributed by atoms with E-state index in [0.717, 1.165) is 25.3 Å². The molecule has 4 heteroatoms. The van der Waals surface area contributed by atoms with Crippen molar-refractivity contribution in [1.82, 2.24) is 15.1 Å². The summed E-state index contributed by atoms with van der Waals surface area (Å²) in [6.07, 6.45) is 2.95. The number of aromatic nitrogens is 2. The summed E-state index contributed by atoms with van der Waals surface area (Å²) in [5, 5.41) is 7.96. The quantitative estimate of drug-likeness (QED) is 0.843. The van der Waals surface area contributed by atoms with E-state index in [4.69, 9.17) is 4.74 Å². The van der Waals surface area contributed by atoms with E-state index >= 15 is 0 Å². The van der Waals surface area contributed by atoms with Gasteiger partial charge in [-0.2, -0.15) is 5.10 Å². The molecule has 0 amide bonds. The predicted molar refractivity (Wildman–Crippen MR) is 81.0 cm³/mol. The molecule has 20 heavy (non-hydrogen) atoms. The summed E-state index contributed by atoms with van der Waals surface area (Å²) in [5.74, 6) is 0.881. The molecule has 0 fully saturated rings. The molecule has 1 atom stereocenters. The van der Waals surface area contributed by atoms with E-state index in [9.17, 15) is 0 Å². The molecule has 2 rings (SSSR count). The number of aryl methyl sites for hydroxylation is 1. The van der Waals surface area contributed by atoms with Gasteiger partial charge in [-0.05, 0) is 36.7 Å². The van der Waals surface area contributed by atoms with Crippen LogP contribution in [0.2, 0.25) is 0 Å². The largest absolute Gasteiger partial charge is 0.497 e. The van der Waals surface area contributed by atoms with Crippen molar-refractivity contribution >= 4 is 0 Å². The molecule has 108 valence electrons. The molecule has 4 nitrogen and oxygen atoms in total. The first kappa shape index (κ1) is 14.6. The minimum atomic E-state index is 0.143. The molecule has 0 radical (unpaired) electrons. The molecule has 0 aliphatic carbocycles. The van der Waals surface area contributed by atoms with Crippen LogP contribution >= 0.6 is 0 Å². The van der Waals surface area contributed by atoms with E-state index in [1.165, 1.54) is 11.3 Å². The second-order valence-corrected chi connectivity index (χ2v) is 4.75. The number of hydrogen-bond donors (Lipinski definition) is 1. The number of rotatable bonds is 7. The normalized spacial score (nSPS) is 12.3. The van der Waals surface area contributed by atoms with Gasteiger partial charge in [-0.25, -0.2) is 0 Å². The zero-order chi connectivity index (χ0) is 14.4. The van der Waals surface area contributed by atoms with Crippen molar-refractivity contribution < 1.29 is 4.74 Å². The minimum absolute atomic E-state index is 0.143. The molecule has 0 spiro atoms. The highest BCUT2D eigenvalue weighted by atomic mass is 16.5. The number of benzene rings is 1. The van der Waals surface area contributed by atoms with Crippen LogP contribution in [-0.2, 0) is 6.54 Å². The summed E-state index contributed by atoms with van der Waals surface area (Å²) in [6, 6.07) is 10.4. The molecule has 0 saturated carbocycles. The monoisotopic (exact) mass is 273 g/mol. The fraction of sp³-hybridized carbons (Fsp3) is 0.438. The van der Waals surface area contributed by atoms with Crippen LogP contribution in [0.5, 0.6) is 5.75 Å². The highest BCUT2D eigenvalue weighted by Gasteiger charge is 2.17. The lowest BCUT2D eigenvalue weighted by atomic mass is 10.0. The van der Waals surface area contributed by atoms with Crippen LogP contribution in [0.25, 0.3) is 0 Å². The Morgan fingerprint density at radius 2 is 2.15 bits per heavy atom. The van der Waals surface area contributed by atoms with Crippen molar-refractivity contribution in [3.8, 4) is 5.75 Å². The Kier molecular flexibility index (Phi) is 5.18. The molecule has 1 unspecified atom stereocenters. The maximum atomic E-state index is 5.33. The Bertz CT molecular complexity index is 536. The summed E-state index contributed by atoms with van der Waals surface area (Å²) in [4.78, 5) is 0. The van der Waals surface area contributed by atoms with E-state index in [0.29, 0.717) is 0 Å². The summed E-state index contributed by atoms with van der Waals surface area (Å²) < 4.78 is 7.40. The van der Waals surface area contributed by atoms with Gasteiger partial charge >= 0.3 is 0 Å². The first-order valence-corrected chi connectivity index (χ1v) is 7.19. The lowest BCUT2D eigenvalue weighted by Crippen LogP contribution is -2.25. The summed E-state index contributed by atoms with van der Waals surface area (Å²) in [6.45, 7) is 6.13. The molecule has 0 aliphatic rings. The minimum Gasteiger partial charge on any atom is -0.497 e. The first-order chi connectivity index (χ1) is 9.80. The van der Waals surface area contributed by atoms with Crippen LogP contribution in [0.15, 0.2) is 36.5 Å². The Morgan fingerprint density at radius 3 is 2.85 bits per heavy atom. The number of nitrogens with one attached hydrogen (secondary N) is 1. The van der Waals surface area contributed by atoms with Gasteiger partial charge < -0.3 is 10.1 Å². The maximum Gasteiger partial charge on any atom is 0.119 e. The number of hydrogen-bond acceptors (Lipinski definition) is 3. The maximum absolute atomic E-state index is 5.33. The number of nitrogens with zero attached hydrogens (tertiary/aromatic N) is 2. The third-order valence-electron chi connectivity index (χ3n) is 3.32. The lowest BCUT2D eigenvalue weighted by molar-refractivity contribution is 0.413. The van der Waals surface area contributed by atoms with Gasteiger partial charge in [0.1, 0.15) is 5.75 Å². The molecular weight excluding hydrogens is 250 g/mol. The second-order valence-electron chi connectivity index (χ2n) is 4.75. The predicted octanol–water partition coefficient (Wildman–Crippen LogP) is 3.00. The van der Waals surface area contributed by atoms with E-state index in [2.05, 4.69) is 47.1 Å². The van der Waals surface area contributed by atoms with E-state index in [-0.39, 0.29) is 6.04 Å². The van der Waals surface area contributed by atoms with E-state index in [1.54, 1.807) is 7.11 Å². The third-order valence-corrected chi connectivity index (χ3v) is 3.32. The van der Waals surface area contributed by atoms with Gasteiger partial charge in [0, 0.05) is 12.7 Å². The summed E-state index contributed by atoms with van der Waals surface area (Å²) in [7, 11) is 1.70. The smallest absolute Gasteiger partial charge is 0.119 e. The average molecular weight is 273 g/mol. The fourth-order valence-electron chi connectivity index (χ4n) is 2.41. The van der Waals surface area contributed by atoms with Crippen LogP contribution in [0.4, 0.5) is 0 Å². The van der Waals surface area contributed by atoms with Gasteiger partial charge in [0.25, 0.3) is 0 Å². The van der Waals surface area contributed by atoms with Gasteiger partial charge in [0.2, 0.25) is 0 Å². The van der Waals surface area contributed by atoms with E-state index < -0.39 is 0 Å². The summed E-state index contributed by atoms with van der Waals surface area (Å²) >= 11 is 0. The summed E-state index contributed by atoms with van der Waals surface area (Å²) in [5.41, 5.74) is 2.39. The van der Waals surface area contributed by atoms with Crippen molar-refractivity contribution in [2.24, 2.45) is 0 Å². The molecule has 2 aromatic rings. The number of ether oxygens (including phenoxy) is 1. The van der Waals surface area contributed by atoms with Gasteiger partial charge in [-0.3, -0.25) is 4.68 Å². The number of methoxy groups -OCH3 is 1. The first-order valence-electron chi connectivity index (χ1n) is 7.19.